The van der Waals surface area contributed by atoms with Crippen molar-refractivity contribution < 1.29 is 18.3 Å². The van der Waals surface area contributed by atoms with Gasteiger partial charge in [-0.25, -0.2) is 8.42 Å². The molecule has 1 aromatic rings. The molecule has 0 aliphatic heterocycles. The molecule has 0 aliphatic carbocycles. The molecule has 0 amide bonds. The van der Waals surface area contributed by atoms with Gasteiger partial charge in [-0.2, -0.15) is 4.31 Å². The van der Waals surface area contributed by atoms with E-state index in [0.717, 1.165) is 16.3 Å². The summed E-state index contributed by atoms with van der Waals surface area (Å²) in [5.74, 6) is -0.714. The molecule has 1 aromatic carbocycles. The molecular formula is C15H21NO4S. The van der Waals surface area contributed by atoms with E-state index in [2.05, 4.69) is 20.4 Å². The van der Waals surface area contributed by atoms with Gasteiger partial charge in [-0.05, 0) is 30.0 Å². The molecule has 116 valence electrons. The predicted octanol–water partition coefficient (Wildman–Crippen LogP) is 2.15. The fourth-order valence-corrected chi connectivity index (χ4v) is 3.32. The number of carboxylic acid groups (broad SMARTS) is 1. The van der Waals surface area contributed by atoms with Crippen molar-refractivity contribution in [1.29, 1.82) is 0 Å². The zero-order valence-electron chi connectivity index (χ0n) is 12.3. The molecule has 0 atom stereocenters. The summed E-state index contributed by atoms with van der Waals surface area (Å²) in [5, 5.41) is 8.82. The van der Waals surface area contributed by atoms with Crippen LogP contribution in [0.15, 0.2) is 41.8 Å². The number of hydrogen-bond donors (Lipinski definition) is 1. The highest BCUT2D eigenvalue weighted by Crippen LogP contribution is 2.17. The van der Waals surface area contributed by atoms with Gasteiger partial charge in [0.15, 0.2) is 0 Å². The number of benzene rings is 1. The molecule has 0 fully saturated rings. The van der Waals surface area contributed by atoms with Crippen molar-refractivity contribution in [3.05, 3.63) is 42.5 Å². The minimum atomic E-state index is -3.82. The van der Waals surface area contributed by atoms with Crippen LogP contribution in [0.5, 0.6) is 0 Å². The largest absolute Gasteiger partial charge is 0.480 e. The van der Waals surface area contributed by atoms with E-state index >= 15 is 0 Å². The summed E-state index contributed by atoms with van der Waals surface area (Å²) in [7, 11) is -3.82. The van der Waals surface area contributed by atoms with Crippen LogP contribution in [-0.4, -0.2) is 36.9 Å². The highest BCUT2D eigenvalue weighted by Gasteiger charge is 2.25. The number of nitrogens with zero attached hydrogens (tertiary/aromatic N) is 1. The monoisotopic (exact) mass is 311 g/mol. The number of rotatable bonds is 8. The second-order valence-electron chi connectivity index (χ2n) is 5.22. The van der Waals surface area contributed by atoms with Crippen LogP contribution in [-0.2, 0) is 21.2 Å². The van der Waals surface area contributed by atoms with E-state index in [1.54, 1.807) is 12.1 Å². The molecule has 0 bridgehead atoms. The lowest BCUT2D eigenvalue weighted by atomic mass is 10.0. The van der Waals surface area contributed by atoms with E-state index < -0.39 is 22.5 Å². The Morgan fingerprint density at radius 1 is 1.33 bits per heavy atom. The van der Waals surface area contributed by atoms with Crippen LogP contribution >= 0.6 is 0 Å². The summed E-state index contributed by atoms with van der Waals surface area (Å²) >= 11 is 0. The minimum Gasteiger partial charge on any atom is -0.480 e. The zero-order chi connectivity index (χ0) is 16.0. The van der Waals surface area contributed by atoms with Crippen LogP contribution in [0, 0.1) is 5.92 Å². The lowest BCUT2D eigenvalue weighted by molar-refractivity contribution is -0.137. The number of carboxylic acids is 1. The molecule has 5 nitrogen and oxygen atoms in total. The van der Waals surface area contributed by atoms with Crippen LogP contribution in [0.25, 0.3) is 0 Å². The van der Waals surface area contributed by atoms with Gasteiger partial charge in [0, 0.05) is 6.54 Å². The van der Waals surface area contributed by atoms with Crippen molar-refractivity contribution in [2.24, 2.45) is 5.92 Å². The van der Waals surface area contributed by atoms with E-state index in [-0.39, 0.29) is 11.4 Å². The van der Waals surface area contributed by atoms with E-state index in [1.807, 2.05) is 0 Å². The molecule has 0 aromatic heterocycles. The number of carbonyl (C=O) groups is 1. The topological polar surface area (TPSA) is 74.7 Å². The molecule has 0 saturated carbocycles. The minimum absolute atomic E-state index is 0.0393. The smallest absolute Gasteiger partial charge is 0.318 e. The maximum atomic E-state index is 12.4. The predicted molar refractivity (Wildman–Crippen MR) is 81.6 cm³/mol. The quantitative estimate of drug-likeness (QED) is 0.746. The SMILES string of the molecule is C=CCN(CC(=O)O)S(=O)(=O)c1ccc(CC(C)C)cc1. The van der Waals surface area contributed by atoms with E-state index in [1.165, 1.54) is 18.2 Å². The molecule has 0 radical (unpaired) electrons. The Labute approximate surface area is 126 Å². The molecular weight excluding hydrogens is 290 g/mol. The molecule has 0 heterocycles. The third-order valence-electron chi connectivity index (χ3n) is 2.85. The first-order valence-corrected chi connectivity index (χ1v) is 8.13. The van der Waals surface area contributed by atoms with Gasteiger partial charge in [0.1, 0.15) is 6.54 Å². The average molecular weight is 311 g/mol. The fraction of sp³-hybridized carbons (Fsp3) is 0.400. The number of hydrogen-bond acceptors (Lipinski definition) is 3. The standard InChI is InChI=1S/C15H21NO4S/c1-4-9-16(11-15(17)18)21(19,20)14-7-5-13(6-8-14)10-12(2)3/h4-8,12H,1,9-11H2,2-3H3,(H,17,18). The highest BCUT2D eigenvalue weighted by atomic mass is 32.2. The van der Waals surface area contributed by atoms with Gasteiger partial charge < -0.3 is 5.11 Å². The number of aliphatic carboxylic acids is 1. The second-order valence-corrected chi connectivity index (χ2v) is 7.16. The third-order valence-corrected chi connectivity index (χ3v) is 4.68. The van der Waals surface area contributed by atoms with Gasteiger partial charge in [0.2, 0.25) is 10.0 Å². The summed E-state index contributed by atoms with van der Waals surface area (Å²) < 4.78 is 25.7. The Hall–Kier alpha value is -1.66. The molecule has 6 heteroatoms. The van der Waals surface area contributed by atoms with Gasteiger partial charge in [0.25, 0.3) is 0 Å². The van der Waals surface area contributed by atoms with Gasteiger partial charge in [-0.1, -0.05) is 32.1 Å². The van der Waals surface area contributed by atoms with E-state index in [9.17, 15) is 13.2 Å². The number of sulfonamides is 1. The van der Waals surface area contributed by atoms with Crippen molar-refractivity contribution in [3.63, 3.8) is 0 Å². The summed E-state index contributed by atoms with van der Waals surface area (Å²) in [4.78, 5) is 10.9. The Bertz CT molecular complexity index is 591. The molecule has 0 unspecified atom stereocenters. The molecule has 1 rings (SSSR count). The van der Waals surface area contributed by atoms with Crippen LogP contribution in [0.2, 0.25) is 0 Å². The molecule has 21 heavy (non-hydrogen) atoms. The van der Waals surface area contributed by atoms with Crippen molar-refractivity contribution in [2.75, 3.05) is 13.1 Å². The third kappa shape index (κ3) is 4.99. The first-order chi connectivity index (χ1) is 9.77. The van der Waals surface area contributed by atoms with Crippen LogP contribution in [0.4, 0.5) is 0 Å². The van der Waals surface area contributed by atoms with Gasteiger partial charge in [-0.15, -0.1) is 6.58 Å². The molecule has 1 N–H and O–H groups in total. The van der Waals surface area contributed by atoms with Crippen molar-refractivity contribution in [1.82, 2.24) is 4.31 Å². The summed E-state index contributed by atoms with van der Waals surface area (Å²) in [6.07, 6.45) is 2.24. The second kappa shape index (κ2) is 7.38. The highest BCUT2D eigenvalue weighted by molar-refractivity contribution is 7.89. The first-order valence-electron chi connectivity index (χ1n) is 6.69. The fourth-order valence-electron chi connectivity index (χ4n) is 1.96. The first kappa shape index (κ1) is 17.4. The van der Waals surface area contributed by atoms with Crippen LogP contribution in [0.3, 0.4) is 0 Å². The van der Waals surface area contributed by atoms with Gasteiger partial charge in [-0.3, -0.25) is 4.79 Å². The van der Waals surface area contributed by atoms with Gasteiger partial charge in [0.05, 0.1) is 4.90 Å². The Balaban J connectivity index is 3.04. The van der Waals surface area contributed by atoms with Crippen molar-refractivity contribution >= 4 is 16.0 Å². The molecule has 0 spiro atoms. The average Bonchev–Trinajstić information content (AvgIpc) is 2.37. The van der Waals surface area contributed by atoms with Crippen LogP contribution < -0.4 is 0 Å². The lowest BCUT2D eigenvalue weighted by Gasteiger charge is -2.18. The van der Waals surface area contributed by atoms with Gasteiger partial charge >= 0.3 is 5.97 Å². The Morgan fingerprint density at radius 3 is 2.33 bits per heavy atom. The molecule has 0 aliphatic rings. The lowest BCUT2D eigenvalue weighted by Crippen LogP contribution is -2.35. The van der Waals surface area contributed by atoms with E-state index in [0.29, 0.717) is 5.92 Å². The summed E-state index contributed by atoms with van der Waals surface area (Å²) in [6, 6.07) is 6.56. The Kier molecular flexibility index (Phi) is 6.11. The normalized spacial score (nSPS) is 11.8. The summed E-state index contributed by atoms with van der Waals surface area (Å²) in [5.41, 5.74) is 1.05. The zero-order valence-corrected chi connectivity index (χ0v) is 13.1. The summed E-state index contributed by atoms with van der Waals surface area (Å²) in [6.45, 7) is 7.02. The van der Waals surface area contributed by atoms with Crippen LogP contribution in [0.1, 0.15) is 19.4 Å². The van der Waals surface area contributed by atoms with E-state index in [4.69, 9.17) is 5.11 Å². The van der Waals surface area contributed by atoms with Crippen molar-refractivity contribution in [3.8, 4) is 0 Å². The maximum absolute atomic E-state index is 12.4. The molecule has 0 saturated heterocycles. The maximum Gasteiger partial charge on any atom is 0.318 e. The van der Waals surface area contributed by atoms with Crippen molar-refractivity contribution in [2.45, 2.75) is 25.2 Å². The Morgan fingerprint density at radius 2 is 1.90 bits per heavy atom.